The molecule has 456 valence electrons. The fourth-order valence-electron chi connectivity index (χ4n) is 15.8. The molecule has 0 aliphatic carbocycles. The van der Waals surface area contributed by atoms with Gasteiger partial charge in [0.1, 0.15) is 0 Å². The van der Waals surface area contributed by atoms with E-state index in [2.05, 4.69) is 385 Å². The van der Waals surface area contributed by atoms with E-state index in [1.54, 1.807) is 0 Å². The summed E-state index contributed by atoms with van der Waals surface area (Å²) in [5, 5.41) is 20.2. The van der Waals surface area contributed by atoms with Crippen LogP contribution in [0.4, 0.5) is 0 Å². The van der Waals surface area contributed by atoms with Crippen LogP contribution in [0.5, 0.6) is 0 Å². The molecule has 2 nitrogen and oxygen atoms in total. The van der Waals surface area contributed by atoms with Gasteiger partial charge in [-0.05, 0) is 241 Å². The molecule has 2 heteroatoms. The van der Waals surface area contributed by atoms with Crippen LogP contribution in [0.15, 0.2) is 376 Å². The first-order valence-corrected chi connectivity index (χ1v) is 33.9. The summed E-state index contributed by atoms with van der Waals surface area (Å²) in [4.78, 5) is 0. The minimum Gasteiger partial charge on any atom is -0.309 e. The van der Waals surface area contributed by atoms with Gasteiger partial charge in [0.2, 0.25) is 0 Å². The predicted molar refractivity (Wildman–Crippen MR) is 419 cm³/mol. The highest BCUT2D eigenvalue weighted by Crippen LogP contribution is 2.45. The fourth-order valence-corrected chi connectivity index (χ4v) is 15.8. The van der Waals surface area contributed by atoms with Gasteiger partial charge in [0, 0.05) is 32.9 Å². The van der Waals surface area contributed by atoms with Crippen LogP contribution in [-0.2, 0) is 0 Å². The quantitative estimate of drug-likeness (QED) is 0.134. The van der Waals surface area contributed by atoms with Crippen molar-refractivity contribution in [2.45, 2.75) is 0 Å². The van der Waals surface area contributed by atoms with Crippen LogP contribution in [0.3, 0.4) is 0 Å². The van der Waals surface area contributed by atoms with E-state index in [4.69, 9.17) is 0 Å². The molecular weight excluding hydrogens is 1180 g/mol. The van der Waals surface area contributed by atoms with Gasteiger partial charge in [0.15, 0.2) is 0 Å². The number of fused-ring (bicyclic) bond motifs is 14. The van der Waals surface area contributed by atoms with Gasteiger partial charge < -0.3 is 9.13 Å². The molecule has 20 rings (SSSR count). The lowest BCUT2D eigenvalue weighted by Crippen LogP contribution is -1.93. The van der Waals surface area contributed by atoms with Gasteiger partial charge in [0.25, 0.3) is 0 Å². The maximum atomic E-state index is 2.41. The van der Waals surface area contributed by atoms with E-state index < -0.39 is 0 Å². The molecule has 0 saturated heterocycles. The summed E-state index contributed by atoms with van der Waals surface area (Å²) in [6.45, 7) is 0. The molecule has 0 bridgehead atoms. The highest BCUT2D eigenvalue weighted by Gasteiger charge is 2.20. The Morgan fingerprint density at radius 1 is 0.133 bits per heavy atom. The zero-order chi connectivity index (χ0) is 64.6. The molecule has 0 saturated carbocycles. The summed E-state index contributed by atoms with van der Waals surface area (Å²) in [6, 6.07) is 138. The van der Waals surface area contributed by atoms with Gasteiger partial charge in [0.05, 0.1) is 22.1 Å². The number of aromatic nitrogens is 2. The Kier molecular flexibility index (Phi) is 13.6. The Hall–Kier alpha value is -12.9. The van der Waals surface area contributed by atoms with Crippen LogP contribution in [0.2, 0.25) is 0 Å². The maximum Gasteiger partial charge on any atom is 0.0541 e. The first-order chi connectivity index (χ1) is 48.6. The van der Waals surface area contributed by atoms with Gasteiger partial charge in [-0.25, -0.2) is 0 Å². The average molecular weight is 1240 g/mol. The van der Waals surface area contributed by atoms with Gasteiger partial charge in [-0.15, -0.1) is 0 Å². The van der Waals surface area contributed by atoms with E-state index >= 15 is 0 Å². The van der Waals surface area contributed by atoms with Gasteiger partial charge >= 0.3 is 0 Å². The summed E-state index contributed by atoms with van der Waals surface area (Å²) in [5.41, 5.74) is 21.9. The molecule has 0 fully saturated rings. The summed E-state index contributed by atoms with van der Waals surface area (Å²) in [6.07, 6.45) is 0. The number of hydrogen-bond acceptors (Lipinski definition) is 0. The van der Waals surface area contributed by atoms with E-state index in [1.807, 2.05) is 0 Å². The molecule has 2 heterocycles. The number of nitrogens with zero attached hydrogens (tertiary/aromatic N) is 2. The molecule has 0 unspecified atom stereocenters. The van der Waals surface area contributed by atoms with Crippen molar-refractivity contribution >= 4 is 108 Å². The molecule has 20 aromatic rings. The topological polar surface area (TPSA) is 9.86 Å². The zero-order valence-corrected chi connectivity index (χ0v) is 53.7. The van der Waals surface area contributed by atoms with Gasteiger partial charge in [-0.2, -0.15) is 0 Å². The molecule has 18 aromatic carbocycles. The van der Waals surface area contributed by atoms with Crippen molar-refractivity contribution < 1.29 is 0 Å². The molecular formula is C96H62N2. The minimum atomic E-state index is 1.17. The average Bonchev–Trinajstić information content (AvgIpc) is 1.47. The van der Waals surface area contributed by atoms with Crippen molar-refractivity contribution in [3.63, 3.8) is 0 Å². The molecule has 2 aromatic heterocycles. The van der Waals surface area contributed by atoms with E-state index in [-0.39, 0.29) is 0 Å². The molecule has 0 N–H and O–H groups in total. The van der Waals surface area contributed by atoms with Crippen LogP contribution < -0.4 is 0 Å². The third kappa shape index (κ3) is 9.64. The Balaban J connectivity index is 0.000000139. The van der Waals surface area contributed by atoms with Crippen LogP contribution in [0, 0.1) is 0 Å². The Morgan fingerprint density at radius 2 is 0.429 bits per heavy atom. The second-order valence-corrected chi connectivity index (χ2v) is 25.9. The number of hydrogen-bond donors (Lipinski definition) is 0. The highest BCUT2D eigenvalue weighted by atomic mass is 15.0. The Morgan fingerprint density at radius 3 is 0.847 bits per heavy atom. The molecule has 0 atom stereocenters. The van der Waals surface area contributed by atoms with E-state index in [9.17, 15) is 0 Å². The lowest BCUT2D eigenvalue weighted by Gasteiger charge is -2.17. The monoisotopic (exact) mass is 1240 g/mol. The first-order valence-electron chi connectivity index (χ1n) is 33.9. The summed E-state index contributed by atoms with van der Waals surface area (Å²) in [5.74, 6) is 0. The van der Waals surface area contributed by atoms with Gasteiger partial charge in [-0.3, -0.25) is 0 Å². The second kappa shape index (κ2) is 23.5. The molecule has 98 heavy (non-hydrogen) atoms. The minimum absolute atomic E-state index is 1.17. The van der Waals surface area contributed by atoms with E-state index in [1.165, 1.54) is 186 Å². The van der Waals surface area contributed by atoms with Crippen molar-refractivity contribution in [1.29, 1.82) is 0 Å². The standard InChI is InChI=1S/C52H33N.C44H29N/c1-2-16-40(17-3-1)53-51-25-13-12-24-47(51)50-31-34(26-27-52(50)53)37-28-38(48-32-35-14-4-6-18-41(35)43-20-8-10-22-45(43)48)30-39(29-37)49-33-36-15-5-7-19-42(36)44-21-9-11-23-46(44)49;1-2-16-36(17-3-1)45-43-23-9-8-20-41(43)42-29-32(24-25-44(42)45)33-26-34(39-21-10-14-30-12-4-6-18-37(30)39)28-35(27-33)40-22-11-15-31-13-5-7-19-38(31)40/h1-33H;1-29H. The predicted octanol–water partition coefficient (Wildman–Crippen LogP) is 26.5. The normalized spacial score (nSPS) is 11.7. The zero-order valence-electron chi connectivity index (χ0n) is 53.7. The van der Waals surface area contributed by atoms with E-state index in [0.717, 1.165) is 0 Å². The van der Waals surface area contributed by atoms with Gasteiger partial charge in [-0.1, -0.05) is 267 Å². The summed E-state index contributed by atoms with van der Waals surface area (Å²) in [7, 11) is 0. The lowest BCUT2D eigenvalue weighted by molar-refractivity contribution is 1.18. The largest absolute Gasteiger partial charge is 0.309 e. The smallest absolute Gasteiger partial charge is 0.0541 e. The molecule has 0 radical (unpaired) electrons. The molecule has 0 spiro atoms. The summed E-state index contributed by atoms with van der Waals surface area (Å²) < 4.78 is 4.77. The fraction of sp³-hybridized carbons (Fsp3) is 0. The third-order valence-corrected chi connectivity index (χ3v) is 20.3. The van der Waals surface area contributed by atoms with Crippen LogP contribution in [0.1, 0.15) is 0 Å². The van der Waals surface area contributed by atoms with Crippen LogP contribution in [-0.4, -0.2) is 9.13 Å². The van der Waals surface area contributed by atoms with E-state index in [0.29, 0.717) is 0 Å². The SMILES string of the molecule is c1ccc(-n2c3ccccc3c3cc(-c4cc(-c5cc6ccccc6c6ccccc56)cc(-c5cc6ccccc6c6ccccc56)c4)ccc32)cc1.c1ccc(-n2c3ccccc3c3cc(-c4cc(-c5cccc6ccccc56)cc(-c5cccc6ccccc56)c4)ccc32)cc1. The second-order valence-electron chi connectivity index (χ2n) is 25.9. The molecule has 0 aliphatic rings. The third-order valence-electron chi connectivity index (χ3n) is 20.3. The van der Waals surface area contributed by atoms with Crippen LogP contribution in [0.25, 0.3) is 186 Å². The van der Waals surface area contributed by atoms with Crippen molar-refractivity contribution in [2.24, 2.45) is 0 Å². The number of rotatable bonds is 8. The highest BCUT2D eigenvalue weighted by molar-refractivity contribution is 6.18. The number of para-hydroxylation sites is 4. The maximum absolute atomic E-state index is 2.41. The summed E-state index contributed by atoms with van der Waals surface area (Å²) >= 11 is 0. The van der Waals surface area contributed by atoms with Crippen molar-refractivity contribution in [2.75, 3.05) is 0 Å². The lowest BCUT2D eigenvalue weighted by atomic mass is 9.87. The number of benzene rings is 18. The Labute approximate surface area is 568 Å². The van der Waals surface area contributed by atoms with Crippen molar-refractivity contribution in [1.82, 2.24) is 9.13 Å². The first kappa shape index (κ1) is 56.6. The van der Waals surface area contributed by atoms with Crippen molar-refractivity contribution in [3.8, 4) is 78.1 Å². The molecule has 0 aliphatic heterocycles. The van der Waals surface area contributed by atoms with Crippen molar-refractivity contribution in [3.05, 3.63) is 376 Å². The molecule has 0 amide bonds. The van der Waals surface area contributed by atoms with Crippen LogP contribution >= 0.6 is 0 Å². The Bertz CT molecular complexity index is 6300.